The van der Waals surface area contributed by atoms with Crippen LogP contribution in [0.25, 0.3) is 0 Å². The first kappa shape index (κ1) is 19.1. The molecule has 0 amide bonds. The number of halogens is 2. The van der Waals surface area contributed by atoms with Crippen LogP contribution >= 0.6 is 31.9 Å². The van der Waals surface area contributed by atoms with Crippen molar-refractivity contribution in [1.29, 1.82) is 0 Å². The largest absolute Gasteiger partial charge is 0.385 e. The van der Waals surface area contributed by atoms with Crippen LogP contribution in [0.5, 0.6) is 0 Å². The fourth-order valence-electron chi connectivity index (χ4n) is 2.26. The third-order valence-electron chi connectivity index (χ3n) is 3.37. The molecular weight excluding hydrogens is 400 g/mol. The molecule has 0 aromatic heterocycles. The molecule has 0 radical (unpaired) electrons. The Morgan fingerprint density at radius 3 is 2.38 bits per heavy atom. The van der Waals surface area contributed by atoms with Crippen molar-refractivity contribution in [2.45, 2.75) is 12.5 Å². The van der Waals surface area contributed by atoms with Crippen molar-refractivity contribution in [3.63, 3.8) is 0 Å². The van der Waals surface area contributed by atoms with E-state index in [2.05, 4.69) is 48.9 Å². The molecule has 6 heteroatoms. The molecule has 0 spiro atoms. The summed E-state index contributed by atoms with van der Waals surface area (Å²) in [7, 11) is 3.45. The number of ether oxygens (including phenoxy) is 2. The van der Waals surface area contributed by atoms with E-state index in [1.165, 1.54) is 5.56 Å². The molecule has 1 unspecified atom stereocenters. The Balaban J connectivity index is 2.84. The van der Waals surface area contributed by atoms with Gasteiger partial charge in [0.15, 0.2) is 0 Å². The maximum absolute atomic E-state index is 6.03. The van der Waals surface area contributed by atoms with Crippen molar-refractivity contribution in [3.05, 3.63) is 32.7 Å². The van der Waals surface area contributed by atoms with Crippen LogP contribution < -0.4 is 5.73 Å². The van der Waals surface area contributed by atoms with Gasteiger partial charge in [0.1, 0.15) is 0 Å². The Bertz CT molecular complexity index is 419. The second kappa shape index (κ2) is 10.7. The van der Waals surface area contributed by atoms with Crippen LogP contribution in [-0.4, -0.2) is 52.0 Å². The Morgan fingerprint density at radius 1 is 1.10 bits per heavy atom. The third kappa shape index (κ3) is 6.34. The van der Waals surface area contributed by atoms with E-state index in [0.717, 1.165) is 35.1 Å². The molecule has 4 nitrogen and oxygen atoms in total. The van der Waals surface area contributed by atoms with Crippen LogP contribution in [0.15, 0.2) is 27.1 Å². The molecule has 0 aliphatic heterocycles. The molecule has 1 aromatic carbocycles. The molecule has 0 saturated heterocycles. The second-order valence-corrected chi connectivity index (χ2v) is 6.51. The number of rotatable bonds is 10. The van der Waals surface area contributed by atoms with Gasteiger partial charge >= 0.3 is 0 Å². The van der Waals surface area contributed by atoms with E-state index in [9.17, 15) is 0 Å². The van der Waals surface area contributed by atoms with Gasteiger partial charge in [0.05, 0.1) is 6.61 Å². The van der Waals surface area contributed by atoms with Crippen molar-refractivity contribution in [2.24, 2.45) is 5.73 Å². The van der Waals surface area contributed by atoms with Gasteiger partial charge in [-0.2, -0.15) is 0 Å². The van der Waals surface area contributed by atoms with Crippen molar-refractivity contribution in [2.75, 3.05) is 47.1 Å². The molecule has 0 heterocycles. The van der Waals surface area contributed by atoms with E-state index < -0.39 is 0 Å². The van der Waals surface area contributed by atoms with Crippen LogP contribution in [0.3, 0.4) is 0 Å². The number of hydrogen-bond acceptors (Lipinski definition) is 4. The maximum atomic E-state index is 6.03. The first-order valence-corrected chi connectivity index (χ1v) is 8.59. The van der Waals surface area contributed by atoms with Crippen molar-refractivity contribution < 1.29 is 9.47 Å². The van der Waals surface area contributed by atoms with Gasteiger partial charge in [0.2, 0.25) is 0 Å². The summed E-state index contributed by atoms with van der Waals surface area (Å²) in [6, 6.07) is 6.47. The second-order valence-electron chi connectivity index (χ2n) is 4.80. The fraction of sp³-hybridized carbons (Fsp3) is 0.600. The van der Waals surface area contributed by atoms with Gasteiger partial charge in [0, 0.05) is 55.4 Å². The molecule has 0 bridgehead atoms. The predicted molar refractivity (Wildman–Crippen MR) is 93.6 cm³/mol. The first-order valence-electron chi connectivity index (χ1n) is 7.01. The predicted octanol–water partition coefficient (Wildman–Crippen LogP) is 3.20. The highest BCUT2D eigenvalue weighted by molar-refractivity contribution is 9.13. The minimum Gasteiger partial charge on any atom is -0.385 e. The van der Waals surface area contributed by atoms with E-state index >= 15 is 0 Å². The Kier molecular flexibility index (Phi) is 9.71. The average Bonchev–Trinajstić information content (AvgIpc) is 2.48. The smallest absolute Gasteiger partial charge is 0.0589 e. The topological polar surface area (TPSA) is 47.7 Å². The Morgan fingerprint density at radius 2 is 1.81 bits per heavy atom. The summed E-state index contributed by atoms with van der Waals surface area (Å²) in [6.45, 7) is 3.82. The van der Waals surface area contributed by atoms with E-state index in [-0.39, 0.29) is 6.04 Å². The summed E-state index contributed by atoms with van der Waals surface area (Å²) in [5.41, 5.74) is 7.24. The molecule has 1 rings (SSSR count). The van der Waals surface area contributed by atoms with E-state index in [4.69, 9.17) is 15.2 Å². The van der Waals surface area contributed by atoms with Gasteiger partial charge < -0.3 is 15.2 Å². The summed E-state index contributed by atoms with van der Waals surface area (Å²) < 4.78 is 12.5. The van der Waals surface area contributed by atoms with Gasteiger partial charge in [-0.1, -0.05) is 6.07 Å². The molecule has 0 saturated carbocycles. The van der Waals surface area contributed by atoms with E-state index in [0.29, 0.717) is 13.2 Å². The monoisotopic (exact) mass is 422 g/mol. The van der Waals surface area contributed by atoms with E-state index in [1.54, 1.807) is 14.2 Å². The van der Waals surface area contributed by atoms with E-state index in [1.807, 2.05) is 6.07 Å². The number of nitrogens with zero attached hydrogens (tertiary/aromatic N) is 1. The number of hydrogen-bond donors (Lipinski definition) is 1. The van der Waals surface area contributed by atoms with Crippen LogP contribution in [0.1, 0.15) is 18.0 Å². The summed E-state index contributed by atoms with van der Waals surface area (Å²) in [6.07, 6.45) is 0.981. The van der Waals surface area contributed by atoms with Crippen LogP contribution in [0.4, 0.5) is 0 Å². The van der Waals surface area contributed by atoms with Gasteiger partial charge in [0.25, 0.3) is 0 Å². The lowest BCUT2D eigenvalue weighted by atomic mass is 10.1. The Labute approximate surface area is 144 Å². The molecule has 21 heavy (non-hydrogen) atoms. The normalized spacial score (nSPS) is 12.9. The molecule has 0 aliphatic rings. The lowest BCUT2D eigenvalue weighted by molar-refractivity contribution is 0.108. The summed E-state index contributed by atoms with van der Waals surface area (Å²) in [4.78, 5) is 2.36. The summed E-state index contributed by atoms with van der Waals surface area (Å²) in [5, 5.41) is 0. The summed E-state index contributed by atoms with van der Waals surface area (Å²) >= 11 is 7.06. The Hall–Kier alpha value is 0.0200. The van der Waals surface area contributed by atoms with Crippen LogP contribution in [0, 0.1) is 0 Å². The number of nitrogens with two attached hydrogens (primary N) is 1. The van der Waals surface area contributed by atoms with Gasteiger partial charge in [-0.15, -0.1) is 0 Å². The third-order valence-corrected chi connectivity index (χ3v) is 5.25. The number of methoxy groups -OCH3 is 2. The molecule has 120 valence electrons. The molecule has 2 N–H and O–H groups in total. The van der Waals surface area contributed by atoms with Crippen LogP contribution in [0.2, 0.25) is 0 Å². The highest BCUT2D eigenvalue weighted by Crippen LogP contribution is 2.28. The average molecular weight is 424 g/mol. The minimum absolute atomic E-state index is 0.182. The quantitative estimate of drug-likeness (QED) is 0.587. The van der Waals surface area contributed by atoms with Gasteiger partial charge in [-0.3, -0.25) is 4.90 Å². The lowest BCUT2D eigenvalue weighted by Gasteiger charge is -2.31. The minimum atomic E-state index is 0.182. The number of benzene rings is 1. The molecule has 1 aromatic rings. The molecular formula is C15H24Br2N2O2. The zero-order valence-electron chi connectivity index (χ0n) is 12.6. The van der Waals surface area contributed by atoms with Crippen LogP contribution in [-0.2, 0) is 9.47 Å². The molecule has 0 fully saturated rings. The summed E-state index contributed by atoms with van der Waals surface area (Å²) in [5.74, 6) is 0. The van der Waals surface area contributed by atoms with Gasteiger partial charge in [-0.25, -0.2) is 0 Å². The maximum Gasteiger partial charge on any atom is 0.0589 e. The lowest BCUT2D eigenvalue weighted by Crippen LogP contribution is -2.37. The van der Waals surface area contributed by atoms with Gasteiger partial charge in [-0.05, 0) is 56.0 Å². The highest BCUT2D eigenvalue weighted by Gasteiger charge is 2.19. The molecule has 1 atom stereocenters. The van der Waals surface area contributed by atoms with Crippen molar-refractivity contribution in [3.8, 4) is 0 Å². The highest BCUT2D eigenvalue weighted by atomic mass is 79.9. The zero-order valence-corrected chi connectivity index (χ0v) is 15.8. The fourth-order valence-corrected chi connectivity index (χ4v) is 2.90. The molecule has 0 aliphatic carbocycles. The van der Waals surface area contributed by atoms with Crippen molar-refractivity contribution >= 4 is 31.9 Å². The van der Waals surface area contributed by atoms with Crippen molar-refractivity contribution in [1.82, 2.24) is 4.90 Å². The standard InChI is InChI=1S/C15H24Br2N2O2/c1-20-8-3-6-19(7-9-21-2)15(11-18)12-4-5-13(16)14(17)10-12/h4-5,10,15H,3,6-9,11,18H2,1-2H3. The zero-order chi connectivity index (χ0) is 15.7. The SMILES string of the molecule is COCCCN(CCOC)C(CN)c1ccc(Br)c(Br)c1. The first-order chi connectivity index (χ1) is 10.1.